The van der Waals surface area contributed by atoms with Gasteiger partial charge in [0.05, 0.1) is 5.60 Å². The predicted molar refractivity (Wildman–Crippen MR) is 64.4 cm³/mol. The van der Waals surface area contributed by atoms with Crippen LogP contribution in [0.1, 0.15) is 31.2 Å². The zero-order chi connectivity index (χ0) is 11.1. The minimum absolute atomic E-state index is 0.0134. The highest BCUT2D eigenvalue weighted by atomic mass is 16.3. The van der Waals surface area contributed by atoms with Gasteiger partial charge in [-0.05, 0) is 18.4 Å². The van der Waals surface area contributed by atoms with Gasteiger partial charge in [-0.15, -0.1) is 0 Å². The van der Waals surface area contributed by atoms with Crippen LogP contribution < -0.4 is 5.32 Å². The van der Waals surface area contributed by atoms with Gasteiger partial charge in [0.2, 0.25) is 0 Å². The maximum absolute atomic E-state index is 10.8. The average Bonchev–Trinajstić information content (AvgIpc) is 2.78. The SMILES string of the molecule is OC1(C2(c3ccccc3)CCCC2)CNC1. The lowest BCUT2D eigenvalue weighted by molar-refractivity contribution is -0.0794. The van der Waals surface area contributed by atoms with Gasteiger partial charge in [-0.25, -0.2) is 0 Å². The number of aliphatic hydroxyl groups is 1. The molecule has 1 aromatic rings. The van der Waals surface area contributed by atoms with Crippen LogP contribution in [0.25, 0.3) is 0 Å². The lowest BCUT2D eigenvalue weighted by Crippen LogP contribution is -2.69. The average molecular weight is 217 g/mol. The fraction of sp³-hybridized carbons (Fsp3) is 0.571. The molecule has 16 heavy (non-hydrogen) atoms. The number of rotatable bonds is 2. The summed E-state index contributed by atoms with van der Waals surface area (Å²) in [4.78, 5) is 0. The third kappa shape index (κ3) is 1.26. The van der Waals surface area contributed by atoms with E-state index in [9.17, 15) is 5.11 Å². The fourth-order valence-corrected chi connectivity index (χ4v) is 3.46. The summed E-state index contributed by atoms with van der Waals surface area (Å²) in [6.07, 6.45) is 4.76. The molecule has 2 N–H and O–H groups in total. The molecule has 0 atom stereocenters. The second-order valence-corrected chi connectivity index (χ2v) is 5.29. The van der Waals surface area contributed by atoms with Gasteiger partial charge in [0.15, 0.2) is 0 Å². The molecule has 1 aromatic carbocycles. The summed E-state index contributed by atoms with van der Waals surface area (Å²) in [6.45, 7) is 1.50. The normalized spacial score (nSPS) is 26.3. The summed E-state index contributed by atoms with van der Waals surface area (Å²) in [6, 6.07) is 10.6. The molecule has 0 aromatic heterocycles. The minimum atomic E-state index is -0.509. The van der Waals surface area contributed by atoms with Crippen molar-refractivity contribution in [2.75, 3.05) is 13.1 Å². The molecular weight excluding hydrogens is 198 g/mol. The number of benzene rings is 1. The number of β-amino-alcohol motifs (C(OH)–C–C–N with tert-alkyl or cyclic N) is 1. The van der Waals surface area contributed by atoms with E-state index in [0.29, 0.717) is 0 Å². The van der Waals surface area contributed by atoms with Gasteiger partial charge < -0.3 is 10.4 Å². The maximum Gasteiger partial charge on any atom is 0.0990 e. The first kappa shape index (κ1) is 10.3. The fourth-order valence-electron chi connectivity index (χ4n) is 3.46. The van der Waals surface area contributed by atoms with Crippen LogP contribution in [0, 0.1) is 0 Å². The van der Waals surface area contributed by atoms with Crippen LogP contribution in [-0.4, -0.2) is 23.8 Å². The van der Waals surface area contributed by atoms with Crippen LogP contribution in [-0.2, 0) is 5.41 Å². The predicted octanol–water partition coefficient (Wildman–Crippen LogP) is 1.83. The van der Waals surface area contributed by atoms with Crippen molar-refractivity contribution >= 4 is 0 Å². The van der Waals surface area contributed by atoms with Crippen molar-refractivity contribution in [2.24, 2.45) is 0 Å². The molecule has 2 nitrogen and oxygen atoms in total. The van der Waals surface area contributed by atoms with Crippen LogP contribution in [0.4, 0.5) is 0 Å². The maximum atomic E-state index is 10.8. The van der Waals surface area contributed by atoms with Gasteiger partial charge in [0, 0.05) is 18.5 Å². The van der Waals surface area contributed by atoms with Crippen molar-refractivity contribution in [2.45, 2.75) is 36.7 Å². The van der Waals surface area contributed by atoms with Crippen molar-refractivity contribution in [3.05, 3.63) is 35.9 Å². The molecule has 86 valence electrons. The highest BCUT2D eigenvalue weighted by Gasteiger charge is 2.55. The Morgan fingerprint density at radius 3 is 2.12 bits per heavy atom. The topological polar surface area (TPSA) is 32.3 Å². The largest absolute Gasteiger partial charge is 0.386 e. The molecule has 1 aliphatic heterocycles. The molecule has 2 heteroatoms. The molecule has 1 heterocycles. The van der Waals surface area contributed by atoms with Crippen LogP contribution in [0.15, 0.2) is 30.3 Å². The van der Waals surface area contributed by atoms with E-state index in [0.717, 1.165) is 25.9 Å². The highest BCUT2D eigenvalue weighted by molar-refractivity contribution is 5.33. The first-order valence-corrected chi connectivity index (χ1v) is 6.26. The third-order valence-electron chi connectivity index (χ3n) is 4.51. The van der Waals surface area contributed by atoms with E-state index in [4.69, 9.17) is 0 Å². The van der Waals surface area contributed by atoms with E-state index in [1.807, 2.05) is 0 Å². The van der Waals surface area contributed by atoms with Gasteiger partial charge in [-0.2, -0.15) is 0 Å². The Bertz CT molecular complexity index is 364. The molecule has 2 aliphatic rings. The molecule has 1 aliphatic carbocycles. The van der Waals surface area contributed by atoms with E-state index in [1.165, 1.54) is 18.4 Å². The van der Waals surface area contributed by atoms with Crippen molar-refractivity contribution < 1.29 is 5.11 Å². The van der Waals surface area contributed by atoms with Crippen LogP contribution >= 0.6 is 0 Å². The first-order chi connectivity index (χ1) is 7.77. The quantitative estimate of drug-likeness (QED) is 0.792. The lowest BCUT2D eigenvalue weighted by Gasteiger charge is -2.51. The summed E-state index contributed by atoms with van der Waals surface area (Å²) in [7, 11) is 0. The van der Waals surface area contributed by atoms with E-state index in [2.05, 4.69) is 35.6 Å². The molecule has 0 bridgehead atoms. The highest BCUT2D eigenvalue weighted by Crippen LogP contribution is 2.50. The molecule has 3 rings (SSSR count). The van der Waals surface area contributed by atoms with Crippen molar-refractivity contribution in [1.29, 1.82) is 0 Å². The van der Waals surface area contributed by atoms with Gasteiger partial charge in [0.1, 0.15) is 0 Å². The standard InChI is InChI=1S/C14H19NO/c16-14(10-15-11-14)13(8-4-5-9-13)12-6-2-1-3-7-12/h1-3,6-7,15-16H,4-5,8-11H2. The third-order valence-corrected chi connectivity index (χ3v) is 4.51. The zero-order valence-electron chi connectivity index (χ0n) is 9.58. The summed E-state index contributed by atoms with van der Waals surface area (Å²) in [5.41, 5.74) is 0.834. The summed E-state index contributed by atoms with van der Waals surface area (Å²) in [5.74, 6) is 0. The molecule has 0 radical (unpaired) electrons. The molecule has 1 saturated heterocycles. The summed E-state index contributed by atoms with van der Waals surface area (Å²) >= 11 is 0. The lowest BCUT2D eigenvalue weighted by atomic mass is 9.63. The van der Waals surface area contributed by atoms with Gasteiger partial charge in [0.25, 0.3) is 0 Å². The summed E-state index contributed by atoms with van der Waals surface area (Å²) < 4.78 is 0. The molecule has 1 saturated carbocycles. The van der Waals surface area contributed by atoms with E-state index < -0.39 is 5.60 Å². The summed E-state index contributed by atoms with van der Waals surface area (Å²) in [5, 5.41) is 14.0. The van der Waals surface area contributed by atoms with Crippen molar-refractivity contribution in [3.8, 4) is 0 Å². The second kappa shape index (κ2) is 3.57. The Kier molecular flexibility index (Phi) is 2.30. The van der Waals surface area contributed by atoms with E-state index in [-0.39, 0.29) is 5.41 Å². The van der Waals surface area contributed by atoms with Gasteiger partial charge in [-0.1, -0.05) is 43.2 Å². The zero-order valence-corrected chi connectivity index (χ0v) is 9.58. The Labute approximate surface area is 96.7 Å². The molecule has 0 amide bonds. The first-order valence-electron chi connectivity index (χ1n) is 6.26. The number of nitrogens with one attached hydrogen (secondary N) is 1. The monoisotopic (exact) mass is 217 g/mol. The van der Waals surface area contributed by atoms with E-state index >= 15 is 0 Å². The molecule has 2 fully saturated rings. The molecule has 0 spiro atoms. The second-order valence-electron chi connectivity index (χ2n) is 5.29. The van der Waals surface area contributed by atoms with Crippen LogP contribution in [0.2, 0.25) is 0 Å². The Morgan fingerprint density at radius 2 is 1.62 bits per heavy atom. The van der Waals surface area contributed by atoms with E-state index in [1.54, 1.807) is 0 Å². The van der Waals surface area contributed by atoms with Crippen LogP contribution in [0.3, 0.4) is 0 Å². The Hall–Kier alpha value is -0.860. The van der Waals surface area contributed by atoms with Gasteiger partial charge >= 0.3 is 0 Å². The molecular formula is C14H19NO. The van der Waals surface area contributed by atoms with Crippen LogP contribution in [0.5, 0.6) is 0 Å². The van der Waals surface area contributed by atoms with Crippen molar-refractivity contribution in [1.82, 2.24) is 5.32 Å². The number of hydrogen-bond donors (Lipinski definition) is 2. The Morgan fingerprint density at radius 1 is 1.00 bits per heavy atom. The number of hydrogen-bond acceptors (Lipinski definition) is 2. The smallest absolute Gasteiger partial charge is 0.0990 e. The minimum Gasteiger partial charge on any atom is -0.386 e. The van der Waals surface area contributed by atoms with Gasteiger partial charge in [-0.3, -0.25) is 0 Å². The van der Waals surface area contributed by atoms with Crippen molar-refractivity contribution in [3.63, 3.8) is 0 Å². The Balaban J connectivity index is 2.03. The molecule has 0 unspecified atom stereocenters.